The largest absolute Gasteiger partial charge is 0.380 e. The molecule has 1 aliphatic rings. The minimum atomic E-state index is -0.824. The zero-order valence-electron chi connectivity index (χ0n) is 7.79. The maximum absolute atomic E-state index is 10.0. The number of hydrogen-bond donors (Lipinski definition) is 1. The summed E-state index contributed by atoms with van der Waals surface area (Å²) in [6.07, 6.45) is 1.98. The van der Waals surface area contributed by atoms with Gasteiger partial charge in [-0.15, -0.1) is 11.8 Å². The highest BCUT2D eigenvalue weighted by molar-refractivity contribution is 7.98. The summed E-state index contributed by atoms with van der Waals surface area (Å²) in [5.41, 5.74) is 0.0238. The summed E-state index contributed by atoms with van der Waals surface area (Å²) in [6, 6.07) is 5.64. The predicted octanol–water partition coefficient (Wildman–Crippen LogP) is 2.28. The van der Waals surface area contributed by atoms with E-state index in [0.717, 1.165) is 10.5 Å². The molecule has 1 fully saturated rings. The fraction of sp³-hybridized carbons (Fsp3) is 0.400. The molecule has 0 atom stereocenters. The second kappa shape index (κ2) is 3.74. The molecule has 2 nitrogen and oxygen atoms in total. The van der Waals surface area contributed by atoms with E-state index in [1.54, 1.807) is 17.8 Å². The summed E-state index contributed by atoms with van der Waals surface area (Å²) in [7, 11) is 0. The van der Waals surface area contributed by atoms with Gasteiger partial charge in [0.2, 0.25) is 0 Å². The Morgan fingerprint density at radius 3 is 2.64 bits per heavy atom. The first-order valence-corrected chi connectivity index (χ1v) is 5.89. The fourth-order valence-corrected chi connectivity index (χ4v) is 2.20. The normalized spacial score (nSPS) is 19.1. The lowest BCUT2D eigenvalue weighted by molar-refractivity contribution is -0.184. The highest BCUT2D eigenvalue weighted by Gasteiger charge is 2.38. The Hall–Kier alpha value is -0.220. The van der Waals surface area contributed by atoms with Gasteiger partial charge in [-0.2, -0.15) is 0 Å². The Morgan fingerprint density at radius 2 is 2.14 bits per heavy atom. The Balaban J connectivity index is 2.37. The van der Waals surface area contributed by atoms with Gasteiger partial charge in [0.25, 0.3) is 0 Å². The van der Waals surface area contributed by atoms with Crippen molar-refractivity contribution in [1.29, 1.82) is 0 Å². The molecule has 0 aliphatic carbocycles. The predicted molar refractivity (Wildman–Crippen MR) is 57.9 cm³/mol. The van der Waals surface area contributed by atoms with E-state index < -0.39 is 5.60 Å². The molecule has 14 heavy (non-hydrogen) atoms. The molecule has 0 spiro atoms. The van der Waals surface area contributed by atoms with Crippen molar-refractivity contribution in [3.63, 3.8) is 0 Å². The molecule has 76 valence electrons. The number of hydrogen-bond acceptors (Lipinski definition) is 3. The molecule has 0 radical (unpaired) electrons. The molecule has 4 heteroatoms. The molecule has 1 aromatic carbocycles. The highest BCUT2D eigenvalue weighted by atomic mass is 35.5. The van der Waals surface area contributed by atoms with Gasteiger partial charge < -0.3 is 9.84 Å². The lowest BCUT2D eigenvalue weighted by Gasteiger charge is -2.37. The summed E-state index contributed by atoms with van der Waals surface area (Å²) in [6.45, 7) is 0.725. The molecular formula is C10H11ClO2S. The van der Waals surface area contributed by atoms with Crippen molar-refractivity contribution in [2.75, 3.05) is 19.5 Å². The van der Waals surface area contributed by atoms with Gasteiger partial charge >= 0.3 is 0 Å². The average molecular weight is 231 g/mol. The lowest BCUT2D eigenvalue weighted by atomic mass is 9.92. The van der Waals surface area contributed by atoms with Crippen LogP contribution in [-0.2, 0) is 10.3 Å². The van der Waals surface area contributed by atoms with Crippen LogP contribution in [0.2, 0.25) is 5.02 Å². The number of thioether (sulfide) groups is 1. The fourth-order valence-electron chi connectivity index (χ4n) is 1.41. The van der Waals surface area contributed by atoms with Crippen LogP contribution in [-0.4, -0.2) is 24.6 Å². The summed E-state index contributed by atoms with van der Waals surface area (Å²) >= 11 is 7.56. The van der Waals surface area contributed by atoms with E-state index in [-0.39, 0.29) is 0 Å². The van der Waals surface area contributed by atoms with E-state index in [4.69, 9.17) is 16.3 Å². The highest BCUT2D eigenvalue weighted by Crippen LogP contribution is 2.33. The van der Waals surface area contributed by atoms with Crippen LogP contribution in [0.15, 0.2) is 23.1 Å². The first kappa shape index (κ1) is 10.3. The second-order valence-corrected chi connectivity index (χ2v) is 4.72. The lowest BCUT2D eigenvalue weighted by Crippen LogP contribution is -2.46. The molecule has 0 saturated carbocycles. The SMILES string of the molecule is CSc1cc(Cl)cc(C2(O)COC2)c1. The Kier molecular flexibility index (Phi) is 2.75. The van der Waals surface area contributed by atoms with Crippen molar-refractivity contribution >= 4 is 23.4 Å². The van der Waals surface area contributed by atoms with Crippen LogP contribution in [0.3, 0.4) is 0 Å². The van der Waals surface area contributed by atoms with Crippen LogP contribution in [0.5, 0.6) is 0 Å². The molecule has 1 saturated heterocycles. The quantitative estimate of drug-likeness (QED) is 0.791. The van der Waals surface area contributed by atoms with Crippen LogP contribution in [0.1, 0.15) is 5.56 Å². The van der Waals surface area contributed by atoms with Gasteiger partial charge in [-0.3, -0.25) is 0 Å². The van der Waals surface area contributed by atoms with Gasteiger partial charge in [0, 0.05) is 9.92 Å². The molecule has 1 N–H and O–H groups in total. The van der Waals surface area contributed by atoms with Crippen molar-refractivity contribution in [3.05, 3.63) is 28.8 Å². The molecule has 0 aromatic heterocycles. The Labute approximate surface area is 92.2 Å². The average Bonchev–Trinajstić information content (AvgIpc) is 2.13. The third-order valence-corrected chi connectivity index (χ3v) is 3.25. The summed E-state index contributed by atoms with van der Waals surface area (Å²) in [5.74, 6) is 0. The van der Waals surface area contributed by atoms with Crippen molar-refractivity contribution in [2.45, 2.75) is 10.5 Å². The topological polar surface area (TPSA) is 29.5 Å². The first-order chi connectivity index (χ1) is 6.64. The van der Waals surface area contributed by atoms with Crippen LogP contribution >= 0.6 is 23.4 Å². The van der Waals surface area contributed by atoms with E-state index >= 15 is 0 Å². The number of benzene rings is 1. The van der Waals surface area contributed by atoms with E-state index in [0.29, 0.717) is 18.2 Å². The van der Waals surface area contributed by atoms with Gasteiger partial charge in [-0.05, 0) is 30.0 Å². The molecular weight excluding hydrogens is 220 g/mol. The van der Waals surface area contributed by atoms with Gasteiger partial charge in [0.1, 0.15) is 5.60 Å². The first-order valence-electron chi connectivity index (χ1n) is 4.29. The molecule has 0 bridgehead atoms. The van der Waals surface area contributed by atoms with Crippen LogP contribution in [0.25, 0.3) is 0 Å². The third-order valence-electron chi connectivity index (χ3n) is 2.33. The molecule has 1 aromatic rings. The smallest absolute Gasteiger partial charge is 0.136 e. The zero-order chi connectivity index (χ0) is 10.2. The maximum atomic E-state index is 10.0. The van der Waals surface area contributed by atoms with Crippen LogP contribution in [0, 0.1) is 0 Å². The molecule has 0 amide bonds. The summed E-state index contributed by atoms with van der Waals surface area (Å²) in [5, 5.41) is 10.7. The van der Waals surface area contributed by atoms with Crippen molar-refractivity contribution in [2.24, 2.45) is 0 Å². The van der Waals surface area contributed by atoms with Gasteiger partial charge in [0.05, 0.1) is 13.2 Å². The van der Waals surface area contributed by atoms with Crippen molar-refractivity contribution < 1.29 is 9.84 Å². The molecule has 2 rings (SSSR count). The number of ether oxygens (including phenoxy) is 1. The summed E-state index contributed by atoms with van der Waals surface area (Å²) in [4.78, 5) is 1.06. The second-order valence-electron chi connectivity index (χ2n) is 3.40. The third kappa shape index (κ3) is 1.77. The van der Waals surface area contributed by atoms with Gasteiger partial charge in [0.15, 0.2) is 0 Å². The van der Waals surface area contributed by atoms with E-state index in [2.05, 4.69) is 0 Å². The molecule has 1 aliphatic heterocycles. The Bertz CT molecular complexity index is 350. The minimum Gasteiger partial charge on any atom is -0.380 e. The molecule has 0 unspecified atom stereocenters. The maximum Gasteiger partial charge on any atom is 0.136 e. The number of aliphatic hydroxyl groups is 1. The minimum absolute atomic E-state index is 0.362. The number of halogens is 1. The Morgan fingerprint density at radius 1 is 1.43 bits per heavy atom. The van der Waals surface area contributed by atoms with Crippen molar-refractivity contribution in [3.8, 4) is 0 Å². The standard InChI is InChI=1S/C10H11ClO2S/c1-14-9-3-7(2-8(11)4-9)10(12)5-13-6-10/h2-4,12H,5-6H2,1H3. The van der Waals surface area contributed by atoms with Gasteiger partial charge in [-0.25, -0.2) is 0 Å². The zero-order valence-corrected chi connectivity index (χ0v) is 9.36. The van der Waals surface area contributed by atoms with E-state index in [1.807, 2.05) is 18.4 Å². The van der Waals surface area contributed by atoms with Crippen LogP contribution < -0.4 is 0 Å². The summed E-state index contributed by atoms with van der Waals surface area (Å²) < 4.78 is 5.01. The monoisotopic (exact) mass is 230 g/mol. The molecule has 1 heterocycles. The number of rotatable bonds is 2. The van der Waals surface area contributed by atoms with Gasteiger partial charge in [-0.1, -0.05) is 11.6 Å². The van der Waals surface area contributed by atoms with E-state index in [1.165, 1.54) is 0 Å². The van der Waals surface area contributed by atoms with Crippen molar-refractivity contribution in [1.82, 2.24) is 0 Å². The van der Waals surface area contributed by atoms with Crippen LogP contribution in [0.4, 0.5) is 0 Å². The van der Waals surface area contributed by atoms with E-state index in [9.17, 15) is 5.11 Å².